The van der Waals surface area contributed by atoms with Gasteiger partial charge in [0.05, 0.1) is 0 Å². The van der Waals surface area contributed by atoms with Gasteiger partial charge in [0.25, 0.3) is 0 Å². The highest BCUT2D eigenvalue weighted by Crippen LogP contribution is 2.32. The zero-order valence-electron chi connectivity index (χ0n) is 13.1. The summed E-state index contributed by atoms with van der Waals surface area (Å²) >= 11 is 3.59. The summed E-state index contributed by atoms with van der Waals surface area (Å²) in [5, 5.41) is 2.78. The van der Waals surface area contributed by atoms with Crippen LogP contribution < -0.4 is 10.4 Å². The van der Waals surface area contributed by atoms with Crippen LogP contribution in [-0.4, -0.2) is 24.5 Å². The van der Waals surface area contributed by atoms with Gasteiger partial charge in [-0.05, 0) is 60.3 Å². The van der Waals surface area contributed by atoms with E-state index in [-0.39, 0.29) is 10.0 Å². The van der Waals surface area contributed by atoms with Crippen molar-refractivity contribution in [3.05, 3.63) is 33.1 Å². The Labute approximate surface area is 128 Å². The van der Waals surface area contributed by atoms with Gasteiger partial charge in [-0.2, -0.15) is 0 Å². The lowest BCUT2D eigenvalue weighted by atomic mass is 9.93. The van der Waals surface area contributed by atoms with E-state index in [1.165, 1.54) is 32.7 Å². The summed E-state index contributed by atoms with van der Waals surface area (Å²) in [6.45, 7) is 6.75. The van der Waals surface area contributed by atoms with Gasteiger partial charge < -0.3 is 0 Å². The summed E-state index contributed by atoms with van der Waals surface area (Å²) in [6, 6.07) is 6.43. The minimum atomic E-state index is -0.162. The van der Waals surface area contributed by atoms with E-state index in [0.29, 0.717) is 5.92 Å². The van der Waals surface area contributed by atoms with E-state index in [2.05, 4.69) is 79.7 Å². The topological polar surface area (TPSA) is 0 Å². The number of hydrogen-bond donors (Lipinski definition) is 0. The summed E-state index contributed by atoms with van der Waals surface area (Å²) in [7, 11) is -0.162. The highest BCUT2D eigenvalue weighted by Gasteiger charge is 2.07. The minimum absolute atomic E-state index is 0.162. The van der Waals surface area contributed by atoms with Crippen LogP contribution in [-0.2, 0) is 0 Å². The summed E-state index contributed by atoms with van der Waals surface area (Å²) in [5.41, 5.74) is 1.51. The van der Waals surface area contributed by atoms with Crippen molar-refractivity contribution in [2.24, 2.45) is 5.92 Å². The van der Waals surface area contributed by atoms with Gasteiger partial charge in [-0.15, -0.1) is 0 Å². The third-order valence-electron chi connectivity index (χ3n) is 3.46. The fourth-order valence-corrected chi connectivity index (χ4v) is 2.51. The van der Waals surface area contributed by atoms with Crippen LogP contribution in [0.2, 0.25) is 0 Å². The maximum atomic E-state index is 3.59. The second-order valence-electron chi connectivity index (χ2n) is 6.21. The van der Waals surface area contributed by atoms with Crippen molar-refractivity contribution >= 4 is 37.6 Å². The van der Waals surface area contributed by atoms with Crippen LogP contribution in [0.3, 0.4) is 0 Å². The Bertz CT molecular complexity index is 537. The van der Waals surface area contributed by atoms with E-state index in [0.717, 1.165) is 0 Å². The lowest BCUT2D eigenvalue weighted by molar-refractivity contribution is 0.780. The van der Waals surface area contributed by atoms with Gasteiger partial charge in [0.1, 0.15) is 0 Å². The molecule has 1 aromatic carbocycles. The second kappa shape index (κ2) is 6.99. The zero-order valence-corrected chi connectivity index (χ0v) is 15.5. The molecule has 2 heteroatoms. The van der Waals surface area contributed by atoms with E-state index in [4.69, 9.17) is 0 Å². The zero-order chi connectivity index (χ0) is 14.6. The molecule has 0 aliphatic heterocycles. The Morgan fingerprint density at radius 1 is 1.26 bits per heavy atom. The van der Waals surface area contributed by atoms with Crippen molar-refractivity contribution in [1.29, 1.82) is 0 Å². The molecule has 19 heavy (non-hydrogen) atoms. The fraction of sp³-hybridized carbons (Fsp3) is 0.529. The van der Waals surface area contributed by atoms with Crippen LogP contribution >= 0.6 is 26.0 Å². The molecule has 0 aromatic heterocycles. The Balaban J connectivity index is 0.000000258. The van der Waals surface area contributed by atoms with Crippen molar-refractivity contribution in [2.75, 3.05) is 24.5 Å². The highest BCUT2D eigenvalue weighted by molar-refractivity contribution is 9.10. The van der Waals surface area contributed by atoms with Crippen molar-refractivity contribution in [3.63, 3.8) is 0 Å². The van der Waals surface area contributed by atoms with Gasteiger partial charge in [-0.25, -0.2) is 10.0 Å². The van der Waals surface area contributed by atoms with E-state index < -0.39 is 0 Å². The molecule has 1 atom stereocenters. The molecule has 1 aromatic rings. The third-order valence-corrected chi connectivity index (χ3v) is 5.88. The first-order valence-electron chi connectivity index (χ1n) is 6.86. The lowest BCUT2D eigenvalue weighted by Gasteiger charge is -2.21. The van der Waals surface area contributed by atoms with Crippen LogP contribution in [0, 0.1) is 5.92 Å². The molecule has 0 bridgehead atoms. The molecule has 0 spiro atoms. The molecule has 0 heterocycles. The molecule has 0 N–H and O–H groups in total. The molecule has 2 rings (SSSR count). The van der Waals surface area contributed by atoms with Crippen LogP contribution in [0.15, 0.2) is 22.7 Å². The Kier molecular flexibility index (Phi) is 6.19. The average molecular weight is 343 g/mol. The molecular formula is C17H27BrS. The Hall–Kier alpha value is -0.210. The van der Waals surface area contributed by atoms with E-state index in [9.17, 15) is 0 Å². The van der Waals surface area contributed by atoms with Gasteiger partial charge >= 0.3 is 0 Å². The van der Waals surface area contributed by atoms with Crippen molar-refractivity contribution < 1.29 is 0 Å². The molecule has 0 amide bonds. The van der Waals surface area contributed by atoms with Gasteiger partial charge in [-0.3, -0.25) is 0 Å². The molecular weight excluding hydrogens is 316 g/mol. The van der Waals surface area contributed by atoms with Crippen LogP contribution in [0.5, 0.6) is 0 Å². The number of benzene rings is 1. The maximum absolute atomic E-state index is 3.59. The molecule has 0 fully saturated rings. The van der Waals surface area contributed by atoms with Crippen LogP contribution in [0.4, 0.5) is 0 Å². The second-order valence-corrected chi connectivity index (χ2v) is 11.8. The quantitative estimate of drug-likeness (QED) is 0.719. The van der Waals surface area contributed by atoms with Gasteiger partial charge in [0.15, 0.2) is 0 Å². The Morgan fingerprint density at radius 2 is 1.84 bits per heavy atom. The molecule has 1 unspecified atom stereocenters. The molecule has 0 radical (unpaired) electrons. The molecule has 0 saturated carbocycles. The molecule has 0 saturated heterocycles. The summed E-state index contributed by atoms with van der Waals surface area (Å²) in [6.07, 6.45) is 10.5. The predicted molar refractivity (Wildman–Crippen MR) is 96.6 cm³/mol. The number of fused-ring (bicyclic) bond motifs is 1. The smallest absolute Gasteiger partial charge is 0.0250 e. The highest BCUT2D eigenvalue weighted by atomic mass is 79.9. The molecule has 0 nitrogen and oxygen atoms in total. The summed E-state index contributed by atoms with van der Waals surface area (Å²) in [4.78, 5) is 0. The lowest BCUT2D eigenvalue weighted by Crippen LogP contribution is -2.31. The maximum Gasteiger partial charge on any atom is 0.0250 e. The van der Waals surface area contributed by atoms with E-state index in [1.807, 2.05) is 0 Å². The molecule has 1 aliphatic carbocycles. The van der Waals surface area contributed by atoms with E-state index >= 15 is 0 Å². The number of hydrogen-bond acceptors (Lipinski definition) is 0. The van der Waals surface area contributed by atoms with Gasteiger partial charge in [-0.1, -0.05) is 53.6 Å². The fourth-order valence-electron chi connectivity index (χ4n) is 2.01. The SMILES string of the molecule is CC1=c2cccc(Br)c2=CC(C)C1.CCS(C)(C)C. The minimum Gasteiger partial charge on any atom is -0.250 e. The van der Waals surface area contributed by atoms with Crippen LogP contribution in [0.1, 0.15) is 27.2 Å². The number of halogens is 1. The van der Waals surface area contributed by atoms with Gasteiger partial charge in [0.2, 0.25) is 0 Å². The normalized spacial score (nSPS) is 18.9. The number of rotatable bonds is 1. The van der Waals surface area contributed by atoms with Crippen molar-refractivity contribution in [1.82, 2.24) is 0 Å². The predicted octanol–water partition coefficient (Wildman–Crippen LogP) is 4.14. The first-order valence-corrected chi connectivity index (χ1v) is 10.7. The molecule has 108 valence electrons. The largest absolute Gasteiger partial charge is 0.250 e. The first kappa shape index (κ1) is 16.8. The standard InChI is InChI=1S/C12H13Br.C5H14S/c1-8-6-9(2)10-4-3-5-12(13)11(10)7-8;1-5-6(2,3)4/h3-5,7-8H,6H2,1-2H3;5H2,1-4H3. The van der Waals surface area contributed by atoms with E-state index in [1.54, 1.807) is 0 Å². The third kappa shape index (κ3) is 5.35. The summed E-state index contributed by atoms with van der Waals surface area (Å²) in [5.74, 6) is 2.03. The van der Waals surface area contributed by atoms with Crippen LogP contribution in [0.25, 0.3) is 11.6 Å². The van der Waals surface area contributed by atoms with Crippen molar-refractivity contribution in [3.8, 4) is 0 Å². The van der Waals surface area contributed by atoms with Crippen molar-refractivity contribution in [2.45, 2.75) is 27.2 Å². The Morgan fingerprint density at radius 3 is 2.37 bits per heavy atom. The monoisotopic (exact) mass is 342 g/mol. The molecule has 1 aliphatic rings. The first-order chi connectivity index (χ1) is 8.74. The summed E-state index contributed by atoms with van der Waals surface area (Å²) < 4.78 is 1.22. The average Bonchev–Trinajstić information content (AvgIpc) is 2.30. The van der Waals surface area contributed by atoms with Gasteiger partial charge in [0, 0.05) is 4.47 Å².